The summed E-state index contributed by atoms with van der Waals surface area (Å²) < 4.78 is 29.8. The van der Waals surface area contributed by atoms with Gasteiger partial charge in [-0.1, -0.05) is 0 Å². The Bertz CT molecular complexity index is 870. The maximum atomic E-state index is 12.6. The molecule has 1 amide bonds. The molecular weight excluding hydrogens is 440 g/mol. The third-order valence-corrected chi connectivity index (χ3v) is 8.44. The van der Waals surface area contributed by atoms with Crippen molar-refractivity contribution in [3.05, 3.63) is 34.1 Å². The van der Waals surface area contributed by atoms with Crippen molar-refractivity contribution in [3.8, 4) is 0 Å². The van der Waals surface area contributed by atoms with E-state index in [9.17, 15) is 13.2 Å². The first-order chi connectivity index (χ1) is 12.4. The van der Waals surface area contributed by atoms with Gasteiger partial charge in [-0.3, -0.25) is 4.79 Å². The fraction of sp³-hybridized carbons (Fsp3) is 0.500. The zero-order valence-corrected chi connectivity index (χ0v) is 17.7. The second-order valence-electron chi connectivity index (χ2n) is 6.11. The van der Waals surface area contributed by atoms with E-state index < -0.39 is 10.0 Å². The standard InChI is InChI=1S/C16H21BrN4O3S2/c1-13-18-6-8-19(13)7-2-3-15(22)20-9-11-21(12-10-20)26(23,24)16-5-4-14(17)25-16/h4-6,8H,2-3,7,9-12H2,1H3. The lowest BCUT2D eigenvalue weighted by atomic mass is 10.2. The number of carbonyl (C=O) groups excluding carboxylic acids is 1. The van der Waals surface area contributed by atoms with Crippen LogP contribution in [-0.2, 0) is 21.4 Å². The molecule has 1 saturated heterocycles. The number of rotatable bonds is 6. The predicted molar refractivity (Wildman–Crippen MR) is 104 cm³/mol. The summed E-state index contributed by atoms with van der Waals surface area (Å²) >= 11 is 4.50. The molecule has 0 radical (unpaired) electrons. The number of halogens is 1. The van der Waals surface area contributed by atoms with Gasteiger partial charge in [0.05, 0.1) is 3.79 Å². The number of hydrogen-bond acceptors (Lipinski definition) is 5. The number of amides is 1. The maximum absolute atomic E-state index is 12.6. The lowest BCUT2D eigenvalue weighted by Crippen LogP contribution is -2.50. The monoisotopic (exact) mass is 460 g/mol. The Kier molecular flexibility index (Phi) is 6.16. The number of thiophene rings is 1. The third kappa shape index (κ3) is 4.36. The number of piperazine rings is 1. The highest BCUT2D eigenvalue weighted by Gasteiger charge is 2.30. The van der Waals surface area contributed by atoms with Gasteiger partial charge in [0.15, 0.2) is 0 Å². The second-order valence-corrected chi connectivity index (χ2v) is 10.7. The van der Waals surface area contributed by atoms with Crippen LogP contribution in [0.3, 0.4) is 0 Å². The number of sulfonamides is 1. The van der Waals surface area contributed by atoms with Crippen LogP contribution in [0.25, 0.3) is 0 Å². The van der Waals surface area contributed by atoms with Crippen LogP contribution >= 0.6 is 27.3 Å². The van der Waals surface area contributed by atoms with E-state index in [2.05, 4.69) is 20.9 Å². The molecule has 10 heteroatoms. The van der Waals surface area contributed by atoms with E-state index in [0.717, 1.165) is 22.6 Å². The summed E-state index contributed by atoms with van der Waals surface area (Å²) in [6.07, 6.45) is 4.87. The molecule has 1 aliphatic heterocycles. The van der Waals surface area contributed by atoms with Gasteiger partial charge >= 0.3 is 0 Å². The fourth-order valence-corrected chi connectivity index (χ4v) is 6.53. The lowest BCUT2D eigenvalue weighted by molar-refractivity contribution is -0.132. The van der Waals surface area contributed by atoms with Gasteiger partial charge in [0.1, 0.15) is 10.0 Å². The van der Waals surface area contributed by atoms with Crippen LogP contribution in [0, 0.1) is 6.92 Å². The highest BCUT2D eigenvalue weighted by molar-refractivity contribution is 9.11. The molecule has 3 rings (SSSR count). The highest BCUT2D eigenvalue weighted by Crippen LogP contribution is 2.29. The molecule has 1 aliphatic rings. The Morgan fingerprint density at radius 2 is 2.00 bits per heavy atom. The van der Waals surface area contributed by atoms with Crippen LogP contribution in [0.5, 0.6) is 0 Å². The largest absolute Gasteiger partial charge is 0.340 e. The minimum Gasteiger partial charge on any atom is -0.340 e. The molecule has 7 nitrogen and oxygen atoms in total. The van der Waals surface area contributed by atoms with Crippen LogP contribution in [0.15, 0.2) is 32.5 Å². The van der Waals surface area contributed by atoms with Crippen LogP contribution in [-0.4, -0.2) is 59.3 Å². The van der Waals surface area contributed by atoms with Gasteiger partial charge in [-0.25, -0.2) is 13.4 Å². The van der Waals surface area contributed by atoms with Crippen molar-refractivity contribution in [1.82, 2.24) is 18.8 Å². The molecule has 2 aromatic rings. The molecule has 0 saturated carbocycles. The van der Waals surface area contributed by atoms with Crippen molar-refractivity contribution in [2.75, 3.05) is 26.2 Å². The normalized spacial score (nSPS) is 16.2. The van der Waals surface area contributed by atoms with E-state index in [1.54, 1.807) is 23.2 Å². The smallest absolute Gasteiger partial charge is 0.252 e. The SMILES string of the molecule is Cc1nccn1CCCC(=O)N1CCN(S(=O)(=O)c2ccc(Br)s2)CC1. The van der Waals surface area contributed by atoms with Crippen molar-refractivity contribution < 1.29 is 13.2 Å². The molecule has 0 N–H and O–H groups in total. The van der Waals surface area contributed by atoms with Crippen LogP contribution in [0.1, 0.15) is 18.7 Å². The van der Waals surface area contributed by atoms with E-state index in [1.807, 2.05) is 17.7 Å². The first-order valence-electron chi connectivity index (χ1n) is 8.39. The Labute approximate surface area is 165 Å². The van der Waals surface area contributed by atoms with Crippen LogP contribution < -0.4 is 0 Å². The molecule has 1 fully saturated rings. The van der Waals surface area contributed by atoms with E-state index in [1.165, 1.54) is 15.6 Å². The summed E-state index contributed by atoms with van der Waals surface area (Å²) in [5, 5.41) is 0. The van der Waals surface area contributed by atoms with Gasteiger partial charge in [0.2, 0.25) is 5.91 Å². The summed E-state index contributed by atoms with van der Waals surface area (Å²) in [5.41, 5.74) is 0. The number of hydrogen-bond donors (Lipinski definition) is 0. The second kappa shape index (κ2) is 8.20. The Hall–Kier alpha value is -1.23. The molecule has 0 bridgehead atoms. The Balaban J connectivity index is 1.48. The summed E-state index contributed by atoms with van der Waals surface area (Å²) in [5.74, 6) is 1.02. The average molecular weight is 461 g/mol. The first kappa shape index (κ1) is 19.5. The van der Waals surface area contributed by atoms with Crippen molar-refractivity contribution in [1.29, 1.82) is 0 Å². The van der Waals surface area contributed by atoms with Crippen molar-refractivity contribution >= 4 is 43.2 Å². The topological polar surface area (TPSA) is 75.5 Å². The molecule has 142 valence electrons. The minimum atomic E-state index is -3.47. The number of nitrogens with zero attached hydrogens (tertiary/aromatic N) is 4. The van der Waals surface area contributed by atoms with E-state index in [0.29, 0.717) is 36.8 Å². The van der Waals surface area contributed by atoms with Crippen molar-refractivity contribution in [2.24, 2.45) is 0 Å². The molecule has 0 atom stereocenters. The number of aromatic nitrogens is 2. The first-order valence-corrected chi connectivity index (χ1v) is 11.4. The van der Waals surface area contributed by atoms with Gasteiger partial charge in [-0.05, 0) is 41.4 Å². The molecule has 0 aliphatic carbocycles. The minimum absolute atomic E-state index is 0.0821. The quantitative estimate of drug-likeness (QED) is 0.662. The summed E-state index contributed by atoms with van der Waals surface area (Å²) in [7, 11) is -3.47. The van der Waals surface area contributed by atoms with Gasteiger partial charge in [-0.2, -0.15) is 4.31 Å². The zero-order valence-electron chi connectivity index (χ0n) is 14.5. The zero-order chi connectivity index (χ0) is 18.7. The molecule has 0 aromatic carbocycles. The van der Waals surface area contributed by atoms with Gasteiger partial charge in [0.25, 0.3) is 10.0 Å². The van der Waals surface area contributed by atoms with Crippen molar-refractivity contribution in [2.45, 2.75) is 30.5 Å². The molecule has 26 heavy (non-hydrogen) atoms. The lowest BCUT2D eigenvalue weighted by Gasteiger charge is -2.33. The van der Waals surface area contributed by atoms with Crippen LogP contribution in [0.2, 0.25) is 0 Å². The number of carbonyl (C=O) groups is 1. The van der Waals surface area contributed by atoms with E-state index in [-0.39, 0.29) is 5.91 Å². The summed E-state index contributed by atoms with van der Waals surface area (Å²) in [6, 6.07) is 3.35. The van der Waals surface area contributed by atoms with E-state index in [4.69, 9.17) is 0 Å². The fourth-order valence-electron chi connectivity index (χ4n) is 2.94. The highest BCUT2D eigenvalue weighted by atomic mass is 79.9. The van der Waals surface area contributed by atoms with Gasteiger partial charge < -0.3 is 9.47 Å². The Morgan fingerprint density at radius 3 is 2.58 bits per heavy atom. The molecule has 2 aromatic heterocycles. The number of imidazole rings is 1. The summed E-state index contributed by atoms with van der Waals surface area (Å²) in [6.45, 7) is 4.25. The molecule has 0 spiro atoms. The van der Waals surface area contributed by atoms with Crippen LogP contribution in [0.4, 0.5) is 0 Å². The molecule has 0 unspecified atom stereocenters. The molecule has 3 heterocycles. The maximum Gasteiger partial charge on any atom is 0.252 e. The Morgan fingerprint density at radius 1 is 1.27 bits per heavy atom. The predicted octanol–water partition coefficient (Wildman–Crippen LogP) is 2.33. The molecular formula is C16H21BrN4O3S2. The van der Waals surface area contributed by atoms with Gasteiger partial charge in [0, 0.05) is 51.5 Å². The third-order valence-electron chi connectivity index (χ3n) is 4.45. The number of aryl methyl sites for hydroxylation is 2. The average Bonchev–Trinajstić information content (AvgIpc) is 3.24. The van der Waals surface area contributed by atoms with Crippen molar-refractivity contribution in [3.63, 3.8) is 0 Å². The summed E-state index contributed by atoms with van der Waals surface area (Å²) in [4.78, 5) is 18.3. The van der Waals surface area contributed by atoms with E-state index >= 15 is 0 Å². The van der Waals surface area contributed by atoms with Gasteiger partial charge in [-0.15, -0.1) is 11.3 Å².